The summed E-state index contributed by atoms with van der Waals surface area (Å²) in [5, 5.41) is 10.8. The van der Waals surface area contributed by atoms with E-state index in [9.17, 15) is 0 Å². The standard InChI is InChI=1S/C17H32N4O.HI/c1-6-8-9-15(7-2)12-20-17(18-5)19-11-10-16-13(3)21-22-14(16)4;/h15H,6-12H2,1-5H3,(H2,18,19,20);1H. The second-order valence-electron chi connectivity index (χ2n) is 5.85. The molecule has 1 aromatic rings. The summed E-state index contributed by atoms with van der Waals surface area (Å²) in [6.07, 6.45) is 5.97. The number of aromatic nitrogens is 1. The van der Waals surface area contributed by atoms with Crippen LogP contribution in [0, 0.1) is 19.8 Å². The summed E-state index contributed by atoms with van der Waals surface area (Å²) in [6.45, 7) is 10.3. The topological polar surface area (TPSA) is 62.5 Å². The maximum atomic E-state index is 5.19. The lowest BCUT2D eigenvalue weighted by molar-refractivity contribution is 0.392. The Morgan fingerprint density at radius 2 is 2.00 bits per heavy atom. The summed E-state index contributed by atoms with van der Waals surface area (Å²) in [6, 6.07) is 0. The summed E-state index contributed by atoms with van der Waals surface area (Å²) in [5.41, 5.74) is 2.17. The fraction of sp³-hybridized carbons (Fsp3) is 0.765. The van der Waals surface area contributed by atoms with Gasteiger partial charge in [-0.25, -0.2) is 0 Å². The average molecular weight is 436 g/mol. The van der Waals surface area contributed by atoms with Gasteiger partial charge in [0, 0.05) is 25.7 Å². The van der Waals surface area contributed by atoms with Crippen molar-refractivity contribution >= 4 is 29.9 Å². The van der Waals surface area contributed by atoms with Crippen LogP contribution in [0.15, 0.2) is 9.52 Å². The maximum Gasteiger partial charge on any atom is 0.190 e. The Morgan fingerprint density at radius 3 is 2.52 bits per heavy atom. The van der Waals surface area contributed by atoms with Crippen LogP contribution in [0.5, 0.6) is 0 Å². The number of unbranched alkanes of at least 4 members (excludes halogenated alkanes) is 1. The van der Waals surface area contributed by atoms with E-state index >= 15 is 0 Å². The molecule has 0 saturated heterocycles. The molecule has 0 aromatic carbocycles. The predicted octanol–water partition coefficient (Wildman–Crippen LogP) is 3.83. The summed E-state index contributed by atoms with van der Waals surface area (Å²) in [4.78, 5) is 4.29. The molecule has 0 amide bonds. The predicted molar refractivity (Wildman–Crippen MR) is 108 cm³/mol. The molecule has 0 saturated carbocycles. The molecule has 1 heterocycles. The van der Waals surface area contributed by atoms with E-state index in [-0.39, 0.29) is 24.0 Å². The monoisotopic (exact) mass is 436 g/mol. The van der Waals surface area contributed by atoms with Gasteiger partial charge in [0.2, 0.25) is 0 Å². The minimum absolute atomic E-state index is 0. The number of hydrogen-bond donors (Lipinski definition) is 2. The maximum absolute atomic E-state index is 5.19. The number of halogens is 1. The van der Waals surface area contributed by atoms with Crippen LogP contribution >= 0.6 is 24.0 Å². The van der Waals surface area contributed by atoms with E-state index in [1.807, 2.05) is 20.9 Å². The molecular formula is C17H33IN4O. The summed E-state index contributed by atoms with van der Waals surface area (Å²) in [7, 11) is 1.82. The fourth-order valence-corrected chi connectivity index (χ4v) is 2.57. The van der Waals surface area contributed by atoms with Crippen molar-refractivity contribution in [1.29, 1.82) is 0 Å². The third-order valence-electron chi connectivity index (χ3n) is 4.17. The number of nitrogens with one attached hydrogen (secondary N) is 2. The highest BCUT2D eigenvalue weighted by Gasteiger charge is 2.09. The van der Waals surface area contributed by atoms with E-state index in [1.165, 1.54) is 31.2 Å². The van der Waals surface area contributed by atoms with Gasteiger partial charge in [-0.05, 0) is 32.6 Å². The van der Waals surface area contributed by atoms with Crippen LogP contribution in [0.25, 0.3) is 0 Å². The highest BCUT2D eigenvalue weighted by atomic mass is 127. The van der Waals surface area contributed by atoms with Gasteiger partial charge in [-0.3, -0.25) is 4.99 Å². The lowest BCUT2D eigenvalue weighted by Crippen LogP contribution is -2.40. The van der Waals surface area contributed by atoms with Gasteiger partial charge < -0.3 is 15.2 Å². The van der Waals surface area contributed by atoms with Crippen molar-refractivity contribution in [2.24, 2.45) is 10.9 Å². The van der Waals surface area contributed by atoms with Crippen molar-refractivity contribution in [3.8, 4) is 0 Å². The second-order valence-corrected chi connectivity index (χ2v) is 5.85. The van der Waals surface area contributed by atoms with Crippen molar-refractivity contribution in [1.82, 2.24) is 15.8 Å². The number of hydrogen-bond acceptors (Lipinski definition) is 3. The molecule has 0 radical (unpaired) electrons. The molecule has 2 N–H and O–H groups in total. The molecule has 1 aromatic heterocycles. The Kier molecular flexibility index (Phi) is 12.2. The van der Waals surface area contributed by atoms with Crippen LogP contribution in [0.2, 0.25) is 0 Å². The Balaban J connectivity index is 0.00000484. The molecule has 0 spiro atoms. The van der Waals surface area contributed by atoms with E-state index < -0.39 is 0 Å². The summed E-state index contributed by atoms with van der Waals surface area (Å²) >= 11 is 0. The SMILES string of the molecule is CCCCC(CC)CNC(=NC)NCCc1c(C)noc1C.I. The van der Waals surface area contributed by atoms with Crippen molar-refractivity contribution in [2.45, 2.75) is 59.8 Å². The zero-order valence-electron chi connectivity index (χ0n) is 15.2. The van der Waals surface area contributed by atoms with E-state index in [0.717, 1.165) is 42.8 Å². The first-order valence-electron chi connectivity index (χ1n) is 8.48. The highest BCUT2D eigenvalue weighted by molar-refractivity contribution is 14.0. The third kappa shape index (κ3) is 8.04. The lowest BCUT2D eigenvalue weighted by atomic mass is 9.99. The number of guanidine groups is 1. The zero-order chi connectivity index (χ0) is 16.4. The molecule has 1 unspecified atom stereocenters. The molecule has 23 heavy (non-hydrogen) atoms. The van der Waals surface area contributed by atoms with E-state index in [2.05, 4.69) is 34.6 Å². The molecular weight excluding hydrogens is 403 g/mol. The van der Waals surface area contributed by atoms with Crippen LogP contribution in [0.4, 0.5) is 0 Å². The van der Waals surface area contributed by atoms with Gasteiger partial charge in [-0.15, -0.1) is 24.0 Å². The van der Waals surface area contributed by atoms with Gasteiger partial charge in [0.25, 0.3) is 0 Å². The van der Waals surface area contributed by atoms with Gasteiger partial charge in [-0.2, -0.15) is 0 Å². The zero-order valence-corrected chi connectivity index (χ0v) is 17.6. The van der Waals surface area contributed by atoms with Crippen molar-refractivity contribution in [2.75, 3.05) is 20.1 Å². The molecule has 1 atom stereocenters. The molecule has 5 nitrogen and oxygen atoms in total. The van der Waals surface area contributed by atoms with Crippen LogP contribution in [0.3, 0.4) is 0 Å². The first-order valence-corrected chi connectivity index (χ1v) is 8.48. The molecule has 1 rings (SSSR count). The van der Waals surface area contributed by atoms with Gasteiger partial charge in [-0.1, -0.05) is 38.3 Å². The van der Waals surface area contributed by atoms with Crippen molar-refractivity contribution < 1.29 is 4.52 Å². The van der Waals surface area contributed by atoms with E-state index in [1.54, 1.807) is 0 Å². The third-order valence-corrected chi connectivity index (χ3v) is 4.17. The van der Waals surface area contributed by atoms with Crippen molar-refractivity contribution in [3.05, 3.63) is 17.0 Å². The van der Waals surface area contributed by atoms with Crippen LogP contribution in [-0.2, 0) is 6.42 Å². The van der Waals surface area contributed by atoms with Gasteiger partial charge in [0.1, 0.15) is 5.76 Å². The molecule has 134 valence electrons. The smallest absolute Gasteiger partial charge is 0.190 e. The van der Waals surface area contributed by atoms with Crippen LogP contribution in [-0.4, -0.2) is 31.3 Å². The highest BCUT2D eigenvalue weighted by Crippen LogP contribution is 2.12. The number of nitrogens with zero attached hydrogens (tertiary/aromatic N) is 2. The molecule has 0 aliphatic rings. The number of aryl methyl sites for hydroxylation is 2. The first kappa shape index (κ1) is 22.2. The summed E-state index contributed by atoms with van der Waals surface area (Å²) in [5.74, 6) is 2.51. The lowest BCUT2D eigenvalue weighted by Gasteiger charge is -2.18. The number of rotatable bonds is 9. The van der Waals surface area contributed by atoms with Crippen LogP contribution < -0.4 is 10.6 Å². The first-order chi connectivity index (χ1) is 10.6. The second kappa shape index (κ2) is 12.6. The normalized spacial score (nSPS) is 12.7. The molecule has 0 aliphatic heterocycles. The minimum atomic E-state index is 0. The fourth-order valence-electron chi connectivity index (χ4n) is 2.57. The Hall–Kier alpha value is -0.790. The minimum Gasteiger partial charge on any atom is -0.361 e. The van der Waals surface area contributed by atoms with Gasteiger partial charge in [0.05, 0.1) is 5.69 Å². The van der Waals surface area contributed by atoms with Gasteiger partial charge >= 0.3 is 0 Å². The van der Waals surface area contributed by atoms with Gasteiger partial charge in [0.15, 0.2) is 5.96 Å². The molecule has 0 aliphatic carbocycles. The summed E-state index contributed by atoms with van der Waals surface area (Å²) < 4.78 is 5.19. The molecule has 6 heteroatoms. The average Bonchev–Trinajstić information content (AvgIpc) is 2.84. The van der Waals surface area contributed by atoms with Crippen LogP contribution in [0.1, 0.15) is 56.5 Å². The Bertz CT molecular complexity index is 440. The largest absolute Gasteiger partial charge is 0.361 e. The quantitative estimate of drug-likeness (QED) is 0.351. The van der Waals surface area contributed by atoms with E-state index in [0.29, 0.717) is 0 Å². The Morgan fingerprint density at radius 1 is 1.26 bits per heavy atom. The number of aliphatic imine (C=N–C) groups is 1. The molecule has 0 fully saturated rings. The van der Waals surface area contributed by atoms with Crippen molar-refractivity contribution in [3.63, 3.8) is 0 Å². The Labute approximate surface area is 158 Å². The van der Waals surface area contributed by atoms with E-state index in [4.69, 9.17) is 4.52 Å². The molecule has 0 bridgehead atoms.